The number of carboxylic acid groups (broad SMARTS) is 2. The van der Waals surface area contributed by atoms with Crippen molar-refractivity contribution in [3.63, 3.8) is 0 Å². The van der Waals surface area contributed by atoms with E-state index in [4.69, 9.17) is 52.5 Å². The number of halogens is 2. The zero-order valence-corrected chi connectivity index (χ0v) is 16.6. The Bertz CT molecular complexity index is 588. The van der Waals surface area contributed by atoms with Crippen molar-refractivity contribution < 1.29 is 29.3 Å². The number of piperazine rings is 1. The molecule has 1 aromatic carbocycles. The maximum atomic E-state index is 9.10. The van der Waals surface area contributed by atoms with Gasteiger partial charge in [-0.2, -0.15) is 0 Å². The largest absolute Gasteiger partial charge is 0.488 e. The first kappa shape index (κ1) is 23.5. The van der Waals surface area contributed by atoms with Gasteiger partial charge in [0.05, 0.1) is 23.3 Å². The van der Waals surface area contributed by atoms with Crippen molar-refractivity contribution in [2.75, 3.05) is 52.5 Å². The molecule has 8 nitrogen and oxygen atoms in total. The van der Waals surface area contributed by atoms with Gasteiger partial charge >= 0.3 is 11.9 Å². The second kappa shape index (κ2) is 12.7. The van der Waals surface area contributed by atoms with Gasteiger partial charge in [-0.15, -0.1) is 0 Å². The highest BCUT2D eigenvalue weighted by atomic mass is 35.5. The van der Waals surface area contributed by atoms with Gasteiger partial charge in [-0.05, 0) is 24.6 Å². The van der Waals surface area contributed by atoms with Gasteiger partial charge in [0.15, 0.2) is 5.75 Å². The number of rotatable bonds is 7. The van der Waals surface area contributed by atoms with Crippen molar-refractivity contribution in [1.82, 2.24) is 10.2 Å². The molecule has 1 fully saturated rings. The monoisotopic (exact) mass is 422 g/mol. The molecule has 0 atom stereocenters. The zero-order valence-electron chi connectivity index (χ0n) is 15.0. The van der Waals surface area contributed by atoms with Crippen LogP contribution in [-0.4, -0.2) is 79.6 Å². The molecule has 1 aliphatic heterocycles. The normalized spacial score (nSPS) is 14.2. The molecule has 1 aliphatic rings. The predicted molar refractivity (Wildman–Crippen MR) is 102 cm³/mol. The number of benzene rings is 1. The number of hydrogen-bond donors (Lipinski definition) is 3. The molecule has 1 heterocycles. The molecule has 0 bridgehead atoms. The van der Waals surface area contributed by atoms with Gasteiger partial charge in [-0.1, -0.05) is 23.2 Å². The fourth-order valence-corrected chi connectivity index (χ4v) is 2.96. The van der Waals surface area contributed by atoms with Crippen molar-refractivity contribution in [2.45, 2.75) is 6.92 Å². The molecule has 3 N–H and O–H groups in total. The van der Waals surface area contributed by atoms with Crippen molar-refractivity contribution in [1.29, 1.82) is 0 Å². The molecule has 27 heavy (non-hydrogen) atoms. The summed E-state index contributed by atoms with van der Waals surface area (Å²) in [5, 5.41) is 19.2. The molecule has 0 amide bonds. The molecule has 1 aromatic rings. The fraction of sp³-hybridized carbons (Fsp3) is 0.529. The van der Waals surface area contributed by atoms with E-state index in [1.54, 1.807) is 0 Å². The van der Waals surface area contributed by atoms with Crippen LogP contribution in [0.1, 0.15) is 5.56 Å². The summed E-state index contributed by atoms with van der Waals surface area (Å²) in [7, 11) is 0. The summed E-state index contributed by atoms with van der Waals surface area (Å²) in [5.41, 5.74) is 1.02. The second-order valence-corrected chi connectivity index (χ2v) is 6.53. The summed E-state index contributed by atoms with van der Waals surface area (Å²) in [4.78, 5) is 20.6. The third kappa shape index (κ3) is 9.78. The maximum absolute atomic E-state index is 9.10. The molecule has 2 rings (SSSR count). The predicted octanol–water partition coefficient (Wildman–Crippen LogP) is 1.76. The molecular weight excluding hydrogens is 399 g/mol. The van der Waals surface area contributed by atoms with Crippen molar-refractivity contribution in [3.05, 3.63) is 27.7 Å². The average molecular weight is 423 g/mol. The van der Waals surface area contributed by atoms with E-state index in [0.717, 1.165) is 44.9 Å². The summed E-state index contributed by atoms with van der Waals surface area (Å²) in [5.74, 6) is -3.11. The van der Waals surface area contributed by atoms with E-state index < -0.39 is 11.9 Å². The Labute approximate surface area is 168 Å². The number of carbonyl (C=O) groups is 2. The van der Waals surface area contributed by atoms with Crippen molar-refractivity contribution >= 4 is 35.1 Å². The smallest absolute Gasteiger partial charge is 0.414 e. The Morgan fingerprint density at radius 1 is 1.07 bits per heavy atom. The van der Waals surface area contributed by atoms with Gasteiger partial charge < -0.3 is 25.0 Å². The fourth-order valence-electron chi connectivity index (χ4n) is 2.26. The number of nitrogens with zero attached hydrogens (tertiary/aromatic N) is 1. The van der Waals surface area contributed by atoms with Gasteiger partial charge in [-0.25, -0.2) is 9.59 Å². The molecule has 10 heteroatoms. The number of ether oxygens (including phenoxy) is 2. The quantitative estimate of drug-likeness (QED) is 0.450. The van der Waals surface area contributed by atoms with E-state index in [9.17, 15) is 0 Å². The lowest BCUT2D eigenvalue weighted by molar-refractivity contribution is -0.159. The Morgan fingerprint density at radius 2 is 1.63 bits per heavy atom. The summed E-state index contributed by atoms with van der Waals surface area (Å²) in [6.07, 6.45) is 0. The molecular formula is C17H24Cl2N2O6. The van der Waals surface area contributed by atoms with Crippen molar-refractivity contribution in [2.24, 2.45) is 0 Å². The number of hydrogen-bond acceptors (Lipinski definition) is 6. The Balaban J connectivity index is 0.000000527. The van der Waals surface area contributed by atoms with Crippen molar-refractivity contribution in [3.8, 4) is 5.75 Å². The molecule has 0 spiro atoms. The average Bonchev–Trinajstić information content (AvgIpc) is 2.61. The third-order valence-corrected chi connectivity index (χ3v) is 4.12. The van der Waals surface area contributed by atoms with E-state index >= 15 is 0 Å². The van der Waals surface area contributed by atoms with Gasteiger partial charge in [0.2, 0.25) is 0 Å². The van der Waals surface area contributed by atoms with E-state index in [1.807, 2.05) is 19.1 Å². The lowest BCUT2D eigenvalue weighted by Gasteiger charge is -2.26. The highest BCUT2D eigenvalue weighted by Gasteiger charge is 2.10. The summed E-state index contributed by atoms with van der Waals surface area (Å²) < 4.78 is 11.2. The number of carboxylic acids is 2. The van der Waals surface area contributed by atoms with E-state index in [1.165, 1.54) is 0 Å². The second-order valence-electron chi connectivity index (χ2n) is 5.72. The van der Waals surface area contributed by atoms with Crippen LogP contribution in [0.15, 0.2) is 12.1 Å². The number of aryl methyl sites for hydroxylation is 1. The molecule has 0 radical (unpaired) electrons. The lowest BCUT2D eigenvalue weighted by atomic mass is 10.2. The summed E-state index contributed by atoms with van der Waals surface area (Å²) in [6, 6.07) is 3.68. The topological polar surface area (TPSA) is 108 Å². The first-order chi connectivity index (χ1) is 12.8. The van der Waals surface area contributed by atoms with Crippen LogP contribution >= 0.6 is 23.2 Å². The number of aliphatic carboxylic acids is 2. The van der Waals surface area contributed by atoms with Gasteiger partial charge in [0, 0.05) is 32.7 Å². The van der Waals surface area contributed by atoms with Gasteiger partial charge in [-0.3, -0.25) is 4.90 Å². The molecule has 0 saturated carbocycles. The number of nitrogens with one attached hydrogen (secondary N) is 1. The standard InChI is InChI=1S/C15H22Cl2N2O2.C2H2O4/c1-12-10-13(16)15(14(17)11-12)21-9-8-20-7-6-19-4-2-18-3-5-19;3-1(4)2(5)6/h10-11,18H,2-9H2,1H3;(H,3,4)(H,5,6). The molecule has 0 unspecified atom stereocenters. The van der Waals surface area contributed by atoms with Crippen LogP contribution in [0.25, 0.3) is 0 Å². The molecule has 0 aliphatic carbocycles. The van der Waals surface area contributed by atoms with Crippen LogP contribution in [0.5, 0.6) is 5.75 Å². The zero-order chi connectivity index (χ0) is 20.2. The van der Waals surface area contributed by atoms with Crippen LogP contribution in [-0.2, 0) is 14.3 Å². The highest BCUT2D eigenvalue weighted by molar-refractivity contribution is 6.37. The summed E-state index contributed by atoms with van der Waals surface area (Å²) >= 11 is 12.2. The highest BCUT2D eigenvalue weighted by Crippen LogP contribution is 2.33. The minimum atomic E-state index is -1.82. The molecule has 1 saturated heterocycles. The Kier molecular flexibility index (Phi) is 11.1. The first-order valence-electron chi connectivity index (χ1n) is 8.36. The minimum Gasteiger partial charge on any atom is -0.488 e. The lowest BCUT2D eigenvalue weighted by Crippen LogP contribution is -2.44. The van der Waals surface area contributed by atoms with Crippen LogP contribution in [0, 0.1) is 6.92 Å². The van der Waals surface area contributed by atoms with Gasteiger partial charge in [0.1, 0.15) is 6.61 Å². The van der Waals surface area contributed by atoms with Crippen LogP contribution in [0.4, 0.5) is 0 Å². The third-order valence-electron chi connectivity index (χ3n) is 3.56. The first-order valence-corrected chi connectivity index (χ1v) is 9.12. The molecule has 0 aromatic heterocycles. The Morgan fingerprint density at radius 3 is 2.15 bits per heavy atom. The van der Waals surface area contributed by atoms with E-state index in [2.05, 4.69) is 10.2 Å². The van der Waals surface area contributed by atoms with Crippen LogP contribution in [0.2, 0.25) is 10.0 Å². The van der Waals surface area contributed by atoms with Gasteiger partial charge in [0.25, 0.3) is 0 Å². The SMILES string of the molecule is Cc1cc(Cl)c(OCCOCCN2CCNCC2)c(Cl)c1.O=C(O)C(=O)O. The Hall–Kier alpha value is -1.58. The van der Waals surface area contributed by atoms with E-state index in [-0.39, 0.29) is 0 Å². The van der Waals surface area contributed by atoms with E-state index in [0.29, 0.717) is 29.0 Å². The minimum absolute atomic E-state index is 0.448. The van der Waals surface area contributed by atoms with Crippen LogP contribution < -0.4 is 10.1 Å². The van der Waals surface area contributed by atoms with Crippen LogP contribution in [0.3, 0.4) is 0 Å². The maximum Gasteiger partial charge on any atom is 0.414 e. The summed E-state index contributed by atoms with van der Waals surface area (Å²) in [6.45, 7) is 8.92. The molecule has 152 valence electrons.